The average molecular weight is 355 g/mol. The molecule has 2 aromatic rings. The number of nitrogens with zero attached hydrogens (tertiary/aromatic N) is 1. The van der Waals surface area contributed by atoms with Crippen molar-refractivity contribution in [2.45, 2.75) is 44.2 Å². The van der Waals surface area contributed by atoms with Gasteiger partial charge in [0.25, 0.3) is 5.91 Å². The molecule has 136 valence electrons. The summed E-state index contributed by atoms with van der Waals surface area (Å²) in [5, 5.41) is 6.53. The summed E-state index contributed by atoms with van der Waals surface area (Å²) in [6.07, 6.45) is 3.11. The number of nitrogens with one attached hydrogen (secondary N) is 2. The zero-order chi connectivity index (χ0) is 18.3. The van der Waals surface area contributed by atoms with Crippen molar-refractivity contribution in [2.75, 3.05) is 6.54 Å². The van der Waals surface area contributed by atoms with Gasteiger partial charge in [-0.05, 0) is 31.9 Å². The lowest BCUT2D eigenvalue weighted by Crippen LogP contribution is -2.45. The molecular formula is C19H21N3O4. The molecule has 0 bridgehead atoms. The highest BCUT2D eigenvalue weighted by atomic mass is 16.3. The number of hydrogen-bond donors (Lipinski definition) is 2. The summed E-state index contributed by atoms with van der Waals surface area (Å²) in [4.78, 5) is 38.1. The van der Waals surface area contributed by atoms with Crippen LogP contribution in [0.25, 0.3) is 11.0 Å². The van der Waals surface area contributed by atoms with E-state index in [0.29, 0.717) is 18.6 Å². The lowest BCUT2D eigenvalue weighted by atomic mass is 9.98. The maximum Gasteiger partial charge on any atom is 0.325 e. The van der Waals surface area contributed by atoms with Gasteiger partial charge in [-0.25, -0.2) is 4.79 Å². The van der Waals surface area contributed by atoms with Crippen molar-refractivity contribution in [2.24, 2.45) is 0 Å². The number of fused-ring (bicyclic) bond motifs is 1. The third-order valence-electron chi connectivity index (χ3n) is 5.25. The third kappa shape index (κ3) is 2.73. The van der Waals surface area contributed by atoms with Crippen molar-refractivity contribution >= 4 is 28.8 Å². The van der Waals surface area contributed by atoms with E-state index < -0.39 is 17.5 Å². The Morgan fingerprint density at radius 1 is 1.31 bits per heavy atom. The molecule has 1 spiro atoms. The average Bonchev–Trinajstić information content (AvgIpc) is 3.30. The molecule has 7 heteroatoms. The molecule has 26 heavy (non-hydrogen) atoms. The van der Waals surface area contributed by atoms with Gasteiger partial charge < -0.3 is 15.1 Å². The molecule has 0 radical (unpaired) electrons. The first-order valence-corrected chi connectivity index (χ1v) is 8.90. The normalized spacial score (nSPS) is 20.0. The van der Waals surface area contributed by atoms with Crippen LogP contribution in [0.15, 0.2) is 34.7 Å². The molecule has 7 nitrogen and oxygen atoms in total. The van der Waals surface area contributed by atoms with Crippen LogP contribution in [0.1, 0.15) is 44.4 Å². The van der Waals surface area contributed by atoms with Crippen molar-refractivity contribution in [1.29, 1.82) is 0 Å². The Morgan fingerprint density at radius 3 is 2.77 bits per heavy atom. The van der Waals surface area contributed by atoms with Crippen molar-refractivity contribution in [3.8, 4) is 0 Å². The molecule has 1 atom stereocenters. The maximum atomic E-state index is 12.6. The van der Waals surface area contributed by atoms with Crippen molar-refractivity contribution < 1.29 is 18.8 Å². The Hall–Kier alpha value is -2.83. The zero-order valence-corrected chi connectivity index (χ0v) is 14.6. The second-order valence-corrected chi connectivity index (χ2v) is 7.09. The molecule has 1 aromatic heterocycles. The summed E-state index contributed by atoms with van der Waals surface area (Å²) in [5.74, 6) is -0.0490. The quantitative estimate of drug-likeness (QED) is 0.824. The number of amides is 4. The highest BCUT2D eigenvalue weighted by Crippen LogP contribution is 2.35. The fourth-order valence-electron chi connectivity index (χ4n) is 3.85. The van der Waals surface area contributed by atoms with Gasteiger partial charge in [0.2, 0.25) is 5.91 Å². The predicted molar refractivity (Wildman–Crippen MR) is 94.2 cm³/mol. The highest BCUT2D eigenvalue weighted by molar-refractivity contribution is 6.09. The smallest absolute Gasteiger partial charge is 0.325 e. The summed E-state index contributed by atoms with van der Waals surface area (Å²) in [5.41, 5.74) is -0.0392. The molecule has 4 rings (SSSR count). The summed E-state index contributed by atoms with van der Waals surface area (Å²) in [6, 6.07) is 8.63. The van der Waals surface area contributed by atoms with Gasteiger partial charge in [0, 0.05) is 5.39 Å². The van der Waals surface area contributed by atoms with E-state index in [1.165, 1.54) is 0 Å². The van der Waals surface area contributed by atoms with E-state index in [2.05, 4.69) is 10.6 Å². The molecular weight excluding hydrogens is 334 g/mol. The Bertz CT molecular complexity index is 849. The number of carbonyl (C=O) groups excluding carboxylic acids is 3. The minimum atomic E-state index is -0.790. The summed E-state index contributed by atoms with van der Waals surface area (Å²) in [7, 11) is 0. The van der Waals surface area contributed by atoms with E-state index in [0.717, 1.165) is 28.7 Å². The van der Waals surface area contributed by atoms with Crippen LogP contribution in [0, 0.1) is 0 Å². The standard InChI is InChI=1S/C19H21N3O4/c1-12(15-10-13-6-2-3-7-14(13)26-15)20-16(23)11-22-17(24)19(21-18(22)25)8-4-5-9-19/h2-3,6-7,10,12H,4-5,8-9,11H2,1H3,(H,20,23)(H,21,25)/t12-/m0/s1. The first-order chi connectivity index (χ1) is 12.5. The van der Waals surface area contributed by atoms with Crippen molar-refractivity contribution in [3.63, 3.8) is 0 Å². The molecule has 1 saturated heterocycles. The van der Waals surface area contributed by atoms with Gasteiger partial charge in [-0.1, -0.05) is 31.0 Å². The SMILES string of the molecule is C[C@H](NC(=O)CN1C(=O)NC2(CCCC2)C1=O)c1cc2ccccc2o1. The monoisotopic (exact) mass is 355 g/mol. The number of benzene rings is 1. The molecule has 1 aromatic carbocycles. The van der Waals surface area contributed by atoms with E-state index in [9.17, 15) is 14.4 Å². The highest BCUT2D eigenvalue weighted by Gasteiger charge is 2.52. The van der Waals surface area contributed by atoms with Gasteiger partial charge in [0.1, 0.15) is 23.4 Å². The molecule has 4 amide bonds. The first kappa shape index (κ1) is 16.6. The van der Waals surface area contributed by atoms with Crippen LogP contribution < -0.4 is 10.6 Å². The minimum absolute atomic E-state index is 0.281. The molecule has 0 unspecified atom stereocenters. The van der Waals surface area contributed by atoms with Gasteiger partial charge in [-0.2, -0.15) is 0 Å². The summed E-state index contributed by atoms with van der Waals surface area (Å²) in [6.45, 7) is 1.52. The maximum absolute atomic E-state index is 12.6. The Balaban J connectivity index is 1.42. The Morgan fingerprint density at radius 2 is 2.04 bits per heavy atom. The topological polar surface area (TPSA) is 91.7 Å². The van der Waals surface area contributed by atoms with E-state index in [1.807, 2.05) is 30.3 Å². The van der Waals surface area contributed by atoms with Crippen molar-refractivity contribution in [3.05, 3.63) is 36.1 Å². The first-order valence-electron chi connectivity index (χ1n) is 8.90. The fraction of sp³-hybridized carbons (Fsp3) is 0.421. The van der Waals surface area contributed by atoms with E-state index in [-0.39, 0.29) is 18.5 Å². The molecule has 2 fully saturated rings. The number of furan rings is 1. The molecule has 1 aliphatic heterocycles. The van der Waals surface area contributed by atoms with Gasteiger partial charge >= 0.3 is 6.03 Å². The third-order valence-corrected chi connectivity index (χ3v) is 5.25. The van der Waals surface area contributed by atoms with Crippen LogP contribution in [-0.2, 0) is 9.59 Å². The van der Waals surface area contributed by atoms with Crippen LogP contribution in [0.2, 0.25) is 0 Å². The molecule has 2 N–H and O–H groups in total. The lowest BCUT2D eigenvalue weighted by Gasteiger charge is -2.20. The van der Waals surface area contributed by atoms with E-state index in [4.69, 9.17) is 4.42 Å². The number of carbonyl (C=O) groups is 3. The van der Waals surface area contributed by atoms with Crippen LogP contribution in [-0.4, -0.2) is 34.8 Å². The molecule has 2 heterocycles. The molecule has 2 aliphatic rings. The van der Waals surface area contributed by atoms with Crippen molar-refractivity contribution in [1.82, 2.24) is 15.5 Å². The number of para-hydroxylation sites is 1. The van der Waals surface area contributed by atoms with Gasteiger partial charge in [-0.15, -0.1) is 0 Å². The predicted octanol–water partition coefficient (Wildman–Crippen LogP) is 2.47. The van der Waals surface area contributed by atoms with Crippen LogP contribution in [0.4, 0.5) is 4.79 Å². The Labute approximate surface area is 150 Å². The van der Waals surface area contributed by atoms with E-state index in [1.54, 1.807) is 6.92 Å². The second kappa shape index (κ2) is 6.16. The van der Waals surface area contributed by atoms with Gasteiger partial charge in [-0.3, -0.25) is 14.5 Å². The second-order valence-electron chi connectivity index (χ2n) is 7.09. The van der Waals surface area contributed by atoms with E-state index >= 15 is 0 Å². The summed E-state index contributed by atoms with van der Waals surface area (Å²) >= 11 is 0. The summed E-state index contributed by atoms with van der Waals surface area (Å²) < 4.78 is 5.74. The van der Waals surface area contributed by atoms with Crippen LogP contribution in [0.5, 0.6) is 0 Å². The number of rotatable bonds is 4. The van der Waals surface area contributed by atoms with Gasteiger partial charge in [0.05, 0.1) is 6.04 Å². The van der Waals surface area contributed by atoms with Crippen LogP contribution >= 0.6 is 0 Å². The number of hydrogen-bond acceptors (Lipinski definition) is 4. The number of urea groups is 1. The minimum Gasteiger partial charge on any atom is -0.459 e. The zero-order valence-electron chi connectivity index (χ0n) is 14.6. The fourth-order valence-corrected chi connectivity index (χ4v) is 3.85. The van der Waals surface area contributed by atoms with Gasteiger partial charge in [0.15, 0.2) is 0 Å². The van der Waals surface area contributed by atoms with Crippen LogP contribution in [0.3, 0.4) is 0 Å². The molecule has 1 aliphatic carbocycles. The largest absolute Gasteiger partial charge is 0.459 e. The molecule has 1 saturated carbocycles. The Kier molecular flexibility index (Phi) is 3.94. The number of imide groups is 1. The lowest BCUT2D eigenvalue weighted by molar-refractivity contribution is -0.135.